The molecule has 7 heteroatoms. The second-order valence-corrected chi connectivity index (χ2v) is 8.14. The molecule has 2 fully saturated rings. The molecule has 0 aromatic heterocycles. The molecule has 0 N–H and O–H groups in total. The molecular formula is C23H26ClN3O3. The van der Waals surface area contributed by atoms with Crippen LogP contribution in [0.1, 0.15) is 12.0 Å². The van der Waals surface area contributed by atoms with Crippen molar-refractivity contribution in [2.45, 2.75) is 18.9 Å². The van der Waals surface area contributed by atoms with Crippen molar-refractivity contribution in [3.8, 4) is 5.75 Å². The van der Waals surface area contributed by atoms with Gasteiger partial charge in [0.2, 0.25) is 11.8 Å². The van der Waals surface area contributed by atoms with Crippen molar-refractivity contribution in [3.05, 3.63) is 59.1 Å². The normalized spacial score (nSPS) is 20.1. The van der Waals surface area contributed by atoms with E-state index < -0.39 is 0 Å². The summed E-state index contributed by atoms with van der Waals surface area (Å²) < 4.78 is 5.17. The molecule has 4 rings (SSSR count). The summed E-state index contributed by atoms with van der Waals surface area (Å²) in [5.74, 6) is 0.657. The highest BCUT2D eigenvalue weighted by Gasteiger charge is 2.42. The van der Waals surface area contributed by atoms with Gasteiger partial charge in [-0.15, -0.1) is 0 Å². The lowest BCUT2D eigenvalue weighted by Crippen LogP contribution is -2.52. The van der Waals surface area contributed by atoms with Gasteiger partial charge in [0.05, 0.1) is 19.6 Å². The SMILES string of the molecule is COc1ccc(CCN2C(=O)C[C@H](N3CCN(c4cccc(Cl)c4)CC3)C2=O)cc1. The molecule has 0 spiro atoms. The number of imide groups is 1. The zero-order valence-corrected chi connectivity index (χ0v) is 17.8. The first-order valence-electron chi connectivity index (χ1n) is 10.3. The summed E-state index contributed by atoms with van der Waals surface area (Å²) in [6.07, 6.45) is 0.926. The molecule has 0 aliphatic carbocycles. The third-order valence-electron chi connectivity index (χ3n) is 5.93. The molecule has 158 valence electrons. The van der Waals surface area contributed by atoms with Crippen molar-refractivity contribution in [1.82, 2.24) is 9.80 Å². The molecule has 0 unspecified atom stereocenters. The van der Waals surface area contributed by atoms with Crippen molar-refractivity contribution in [2.75, 3.05) is 44.7 Å². The Bertz CT molecular complexity index is 910. The van der Waals surface area contributed by atoms with E-state index in [2.05, 4.69) is 9.80 Å². The third-order valence-corrected chi connectivity index (χ3v) is 6.17. The molecule has 30 heavy (non-hydrogen) atoms. The Morgan fingerprint density at radius 1 is 1.03 bits per heavy atom. The molecule has 2 aromatic carbocycles. The number of ether oxygens (including phenoxy) is 1. The number of benzene rings is 2. The van der Waals surface area contributed by atoms with Crippen LogP contribution in [0.15, 0.2) is 48.5 Å². The molecule has 2 amide bonds. The van der Waals surface area contributed by atoms with Gasteiger partial charge in [-0.1, -0.05) is 29.8 Å². The van der Waals surface area contributed by atoms with E-state index in [0.717, 1.165) is 48.2 Å². The predicted octanol–water partition coefficient (Wildman–Crippen LogP) is 2.84. The summed E-state index contributed by atoms with van der Waals surface area (Å²) in [4.78, 5) is 31.3. The number of piperazine rings is 1. The molecule has 2 heterocycles. The number of rotatable bonds is 6. The van der Waals surface area contributed by atoms with Gasteiger partial charge in [0.1, 0.15) is 5.75 Å². The first-order valence-corrected chi connectivity index (χ1v) is 10.6. The van der Waals surface area contributed by atoms with E-state index in [1.165, 1.54) is 4.90 Å². The fraction of sp³-hybridized carbons (Fsp3) is 0.391. The van der Waals surface area contributed by atoms with Crippen molar-refractivity contribution in [2.24, 2.45) is 0 Å². The standard InChI is InChI=1S/C23H26ClN3O3/c1-30-20-7-5-17(6-8-20)9-10-27-22(28)16-21(23(27)29)26-13-11-25(12-14-26)19-4-2-3-18(24)15-19/h2-8,15,21H,9-14,16H2,1H3/t21-/m0/s1. The topological polar surface area (TPSA) is 53.1 Å². The molecule has 2 saturated heterocycles. The number of anilines is 1. The molecular weight excluding hydrogens is 402 g/mol. The smallest absolute Gasteiger partial charge is 0.247 e. The summed E-state index contributed by atoms with van der Waals surface area (Å²) in [6.45, 7) is 3.54. The molecule has 0 saturated carbocycles. The number of carbonyl (C=O) groups is 2. The van der Waals surface area contributed by atoms with Crippen LogP contribution in [0, 0.1) is 0 Å². The maximum Gasteiger partial charge on any atom is 0.247 e. The molecule has 1 atom stereocenters. The Balaban J connectivity index is 1.32. The second kappa shape index (κ2) is 9.06. The van der Waals surface area contributed by atoms with Crippen LogP contribution in [0.5, 0.6) is 5.75 Å². The molecule has 0 bridgehead atoms. The van der Waals surface area contributed by atoms with Crippen LogP contribution in [0.3, 0.4) is 0 Å². The van der Waals surface area contributed by atoms with Crippen LogP contribution in [-0.4, -0.2) is 67.5 Å². The summed E-state index contributed by atoms with van der Waals surface area (Å²) in [6, 6.07) is 15.2. The Morgan fingerprint density at radius 2 is 1.77 bits per heavy atom. The number of hydrogen-bond acceptors (Lipinski definition) is 5. The van der Waals surface area contributed by atoms with Gasteiger partial charge in [0, 0.05) is 43.4 Å². The molecule has 0 radical (unpaired) electrons. The van der Waals surface area contributed by atoms with Gasteiger partial charge in [-0.05, 0) is 42.3 Å². The maximum absolute atomic E-state index is 12.9. The third kappa shape index (κ3) is 4.45. The lowest BCUT2D eigenvalue weighted by molar-refractivity contribution is -0.139. The molecule has 6 nitrogen and oxygen atoms in total. The average Bonchev–Trinajstić information content (AvgIpc) is 3.06. The van der Waals surface area contributed by atoms with Gasteiger partial charge >= 0.3 is 0 Å². The Labute approximate surface area is 182 Å². The van der Waals surface area contributed by atoms with Crippen LogP contribution >= 0.6 is 11.6 Å². The summed E-state index contributed by atoms with van der Waals surface area (Å²) in [5.41, 5.74) is 2.17. The van der Waals surface area contributed by atoms with Crippen LogP contribution < -0.4 is 9.64 Å². The van der Waals surface area contributed by atoms with E-state index in [9.17, 15) is 9.59 Å². The number of carbonyl (C=O) groups excluding carboxylic acids is 2. The highest BCUT2D eigenvalue weighted by atomic mass is 35.5. The van der Waals surface area contributed by atoms with Crippen molar-refractivity contribution < 1.29 is 14.3 Å². The van der Waals surface area contributed by atoms with E-state index in [1.54, 1.807) is 7.11 Å². The number of halogens is 1. The number of methoxy groups -OCH3 is 1. The van der Waals surface area contributed by atoms with Gasteiger partial charge < -0.3 is 9.64 Å². The van der Waals surface area contributed by atoms with E-state index in [-0.39, 0.29) is 24.3 Å². The maximum atomic E-state index is 12.9. The van der Waals surface area contributed by atoms with E-state index >= 15 is 0 Å². The van der Waals surface area contributed by atoms with E-state index in [0.29, 0.717) is 13.0 Å². The van der Waals surface area contributed by atoms with Gasteiger partial charge in [-0.2, -0.15) is 0 Å². The van der Waals surface area contributed by atoms with Gasteiger partial charge in [-0.25, -0.2) is 0 Å². The Hall–Kier alpha value is -2.57. The van der Waals surface area contributed by atoms with Gasteiger partial charge in [-0.3, -0.25) is 19.4 Å². The number of nitrogens with zero attached hydrogens (tertiary/aromatic N) is 3. The van der Waals surface area contributed by atoms with Crippen molar-refractivity contribution in [3.63, 3.8) is 0 Å². The van der Waals surface area contributed by atoms with E-state index in [4.69, 9.17) is 16.3 Å². The monoisotopic (exact) mass is 427 g/mol. The Kier molecular flexibility index (Phi) is 6.25. The summed E-state index contributed by atoms with van der Waals surface area (Å²) in [7, 11) is 1.63. The zero-order valence-electron chi connectivity index (χ0n) is 17.1. The minimum absolute atomic E-state index is 0.0651. The number of hydrogen-bond donors (Lipinski definition) is 0. The van der Waals surface area contributed by atoms with Crippen LogP contribution in [-0.2, 0) is 16.0 Å². The predicted molar refractivity (Wildman–Crippen MR) is 117 cm³/mol. The van der Waals surface area contributed by atoms with E-state index in [1.807, 2.05) is 48.5 Å². The van der Waals surface area contributed by atoms with Crippen molar-refractivity contribution >= 4 is 29.1 Å². The first kappa shape index (κ1) is 20.7. The lowest BCUT2D eigenvalue weighted by Gasteiger charge is -2.38. The van der Waals surface area contributed by atoms with Crippen LogP contribution in [0.25, 0.3) is 0 Å². The highest BCUT2D eigenvalue weighted by molar-refractivity contribution is 6.30. The quantitative estimate of drug-likeness (QED) is 0.663. The molecule has 2 aliphatic heterocycles. The van der Waals surface area contributed by atoms with Crippen LogP contribution in [0.4, 0.5) is 5.69 Å². The number of amides is 2. The van der Waals surface area contributed by atoms with Gasteiger partial charge in [0.15, 0.2) is 0 Å². The second-order valence-electron chi connectivity index (χ2n) is 7.70. The lowest BCUT2D eigenvalue weighted by atomic mass is 10.1. The fourth-order valence-corrected chi connectivity index (χ4v) is 4.37. The fourth-order valence-electron chi connectivity index (χ4n) is 4.18. The largest absolute Gasteiger partial charge is 0.497 e. The number of likely N-dealkylation sites (tertiary alicyclic amines) is 1. The van der Waals surface area contributed by atoms with Crippen molar-refractivity contribution in [1.29, 1.82) is 0 Å². The van der Waals surface area contributed by atoms with Gasteiger partial charge in [0.25, 0.3) is 0 Å². The summed E-state index contributed by atoms with van der Waals surface area (Å²) >= 11 is 6.11. The van der Waals surface area contributed by atoms with Crippen LogP contribution in [0.2, 0.25) is 5.02 Å². The minimum Gasteiger partial charge on any atom is -0.497 e. The minimum atomic E-state index is -0.338. The molecule has 2 aliphatic rings. The Morgan fingerprint density at radius 3 is 2.43 bits per heavy atom. The summed E-state index contributed by atoms with van der Waals surface area (Å²) in [5, 5.41) is 0.721. The first-order chi connectivity index (χ1) is 14.5. The average molecular weight is 428 g/mol. The highest BCUT2D eigenvalue weighted by Crippen LogP contribution is 2.24. The zero-order chi connectivity index (χ0) is 21.1. The molecule has 2 aromatic rings.